The summed E-state index contributed by atoms with van der Waals surface area (Å²) in [5.74, 6) is -2.54. The lowest BCUT2D eigenvalue weighted by Crippen LogP contribution is -2.66. The normalized spacial score (nSPS) is 25.7. The van der Waals surface area contributed by atoms with Gasteiger partial charge in [-0.3, -0.25) is 20.2 Å². The van der Waals surface area contributed by atoms with E-state index in [0.29, 0.717) is 0 Å². The van der Waals surface area contributed by atoms with Gasteiger partial charge >= 0.3 is 12.0 Å². The van der Waals surface area contributed by atoms with Crippen LogP contribution in [0, 0.1) is 0 Å². The number of ether oxygens (including phenoxy) is 1. The number of allylic oxidation sites excluding steroid dienone is 1. The minimum Gasteiger partial charge on any atom is -0.435 e. The molecule has 7 nitrogen and oxygen atoms in total. The first-order valence-electron chi connectivity index (χ1n) is 4.55. The number of amides is 4. The summed E-state index contributed by atoms with van der Waals surface area (Å²) >= 11 is 0. The standard InChI is InChI=1S/C9H8N2O5/c1-2-4-3-9(16-5(4)12)6(13)10-8(15)11-7(9)14/h2H,3H2,1H3,(H2,10,11,13,14,15)/b4-2+. The minimum absolute atomic E-state index is 0.159. The molecule has 0 aromatic heterocycles. The largest absolute Gasteiger partial charge is 0.435 e. The van der Waals surface area contributed by atoms with Crippen LogP contribution in [0.25, 0.3) is 0 Å². The molecular weight excluding hydrogens is 216 g/mol. The number of esters is 1. The molecule has 2 aliphatic rings. The number of urea groups is 1. The Hall–Kier alpha value is -2.18. The molecule has 2 aliphatic heterocycles. The van der Waals surface area contributed by atoms with Crippen LogP contribution in [0.5, 0.6) is 0 Å². The van der Waals surface area contributed by atoms with Gasteiger partial charge in [-0.05, 0) is 6.92 Å². The summed E-state index contributed by atoms with van der Waals surface area (Å²) in [7, 11) is 0. The number of imide groups is 2. The lowest BCUT2D eigenvalue weighted by Gasteiger charge is -2.27. The highest BCUT2D eigenvalue weighted by Gasteiger charge is 2.58. The lowest BCUT2D eigenvalue weighted by atomic mass is 9.94. The summed E-state index contributed by atoms with van der Waals surface area (Å²) in [5.41, 5.74) is -1.69. The van der Waals surface area contributed by atoms with E-state index in [9.17, 15) is 19.2 Å². The van der Waals surface area contributed by atoms with E-state index < -0.39 is 29.4 Å². The number of carbonyl (C=O) groups excluding carboxylic acids is 4. The first kappa shape index (κ1) is 10.3. The molecule has 0 radical (unpaired) electrons. The van der Waals surface area contributed by atoms with Crippen molar-refractivity contribution in [3.05, 3.63) is 11.6 Å². The lowest BCUT2D eigenvalue weighted by molar-refractivity contribution is -0.166. The van der Waals surface area contributed by atoms with Crippen molar-refractivity contribution in [1.29, 1.82) is 0 Å². The van der Waals surface area contributed by atoms with Crippen LogP contribution in [0.3, 0.4) is 0 Å². The van der Waals surface area contributed by atoms with E-state index in [1.165, 1.54) is 6.08 Å². The Balaban J connectivity index is 2.40. The molecule has 4 amide bonds. The Bertz CT molecular complexity index is 431. The third kappa shape index (κ3) is 1.21. The molecule has 16 heavy (non-hydrogen) atoms. The van der Waals surface area contributed by atoms with Crippen LogP contribution in [0.4, 0.5) is 4.79 Å². The van der Waals surface area contributed by atoms with Gasteiger partial charge in [0, 0.05) is 12.0 Å². The van der Waals surface area contributed by atoms with Gasteiger partial charge in [-0.2, -0.15) is 0 Å². The van der Waals surface area contributed by atoms with Crippen LogP contribution in [0.15, 0.2) is 11.6 Å². The molecule has 0 aromatic carbocycles. The van der Waals surface area contributed by atoms with E-state index in [2.05, 4.69) is 0 Å². The van der Waals surface area contributed by atoms with E-state index in [1.54, 1.807) is 6.92 Å². The molecule has 0 saturated carbocycles. The Labute approximate surface area is 89.8 Å². The third-order valence-corrected chi connectivity index (χ3v) is 2.50. The predicted octanol–water partition coefficient (Wildman–Crippen LogP) is -1.02. The molecule has 84 valence electrons. The zero-order chi connectivity index (χ0) is 11.9. The number of carbonyl (C=O) groups is 4. The molecule has 2 saturated heterocycles. The van der Waals surface area contributed by atoms with Crippen LogP contribution >= 0.6 is 0 Å². The van der Waals surface area contributed by atoms with Gasteiger partial charge in [0.05, 0.1) is 0 Å². The molecule has 0 unspecified atom stereocenters. The highest BCUT2D eigenvalue weighted by atomic mass is 16.6. The second-order valence-corrected chi connectivity index (χ2v) is 3.44. The van der Waals surface area contributed by atoms with Crippen molar-refractivity contribution < 1.29 is 23.9 Å². The Morgan fingerprint density at radius 2 is 1.75 bits per heavy atom. The van der Waals surface area contributed by atoms with Gasteiger partial charge in [0.1, 0.15) is 0 Å². The summed E-state index contributed by atoms with van der Waals surface area (Å²) in [6, 6.07) is -0.911. The maximum absolute atomic E-state index is 11.5. The highest BCUT2D eigenvalue weighted by Crippen LogP contribution is 2.32. The van der Waals surface area contributed by atoms with Crippen LogP contribution in [-0.4, -0.2) is 29.4 Å². The van der Waals surface area contributed by atoms with Crippen LogP contribution in [0.1, 0.15) is 13.3 Å². The number of rotatable bonds is 0. The maximum Gasteiger partial charge on any atom is 0.335 e. The van der Waals surface area contributed by atoms with Gasteiger partial charge in [-0.25, -0.2) is 9.59 Å². The van der Waals surface area contributed by atoms with Gasteiger partial charge in [0.15, 0.2) is 0 Å². The molecule has 0 aromatic rings. The average Bonchev–Trinajstić information content (AvgIpc) is 2.54. The summed E-state index contributed by atoms with van der Waals surface area (Å²) in [6.07, 6.45) is 1.31. The molecule has 0 atom stereocenters. The van der Waals surface area contributed by atoms with Crippen LogP contribution in [0.2, 0.25) is 0 Å². The summed E-state index contributed by atoms with van der Waals surface area (Å²) in [4.78, 5) is 45.3. The van der Waals surface area contributed by atoms with Gasteiger partial charge in [-0.15, -0.1) is 0 Å². The fourth-order valence-corrected chi connectivity index (χ4v) is 1.62. The zero-order valence-electron chi connectivity index (χ0n) is 8.33. The van der Waals surface area contributed by atoms with Gasteiger partial charge in [0.2, 0.25) is 0 Å². The van der Waals surface area contributed by atoms with Gasteiger partial charge in [0.25, 0.3) is 17.4 Å². The number of hydrogen-bond acceptors (Lipinski definition) is 5. The van der Waals surface area contributed by atoms with Crippen molar-refractivity contribution in [3.63, 3.8) is 0 Å². The Morgan fingerprint density at radius 1 is 1.19 bits per heavy atom. The Morgan fingerprint density at radius 3 is 2.19 bits per heavy atom. The summed E-state index contributed by atoms with van der Waals surface area (Å²) in [6.45, 7) is 1.60. The first-order valence-corrected chi connectivity index (χ1v) is 4.55. The number of barbiturate groups is 1. The van der Waals surface area contributed by atoms with Crippen LogP contribution < -0.4 is 10.6 Å². The van der Waals surface area contributed by atoms with E-state index in [1.807, 2.05) is 10.6 Å². The molecule has 0 aliphatic carbocycles. The minimum atomic E-state index is -1.92. The smallest absolute Gasteiger partial charge is 0.335 e. The highest BCUT2D eigenvalue weighted by molar-refractivity contribution is 6.24. The van der Waals surface area contributed by atoms with Crippen molar-refractivity contribution in [3.8, 4) is 0 Å². The van der Waals surface area contributed by atoms with Crippen molar-refractivity contribution in [1.82, 2.24) is 10.6 Å². The van der Waals surface area contributed by atoms with E-state index in [4.69, 9.17) is 4.74 Å². The molecule has 2 fully saturated rings. The van der Waals surface area contributed by atoms with E-state index >= 15 is 0 Å². The molecule has 2 rings (SSSR count). The number of nitrogens with one attached hydrogen (secondary N) is 2. The second kappa shape index (κ2) is 3.16. The quantitative estimate of drug-likeness (QED) is 0.311. The Kier molecular flexibility index (Phi) is 2.04. The molecule has 1 spiro atoms. The number of hydrogen-bond donors (Lipinski definition) is 2. The fourth-order valence-electron chi connectivity index (χ4n) is 1.62. The molecule has 2 N–H and O–H groups in total. The van der Waals surface area contributed by atoms with Crippen LogP contribution in [-0.2, 0) is 19.1 Å². The van der Waals surface area contributed by atoms with E-state index in [0.717, 1.165) is 0 Å². The van der Waals surface area contributed by atoms with Crippen molar-refractivity contribution >= 4 is 23.8 Å². The van der Waals surface area contributed by atoms with Crippen molar-refractivity contribution in [2.24, 2.45) is 0 Å². The average molecular weight is 224 g/mol. The topological polar surface area (TPSA) is 102 Å². The molecular formula is C9H8N2O5. The molecule has 7 heteroatoms. The maximum atomic E-state index is 11.5. The second-order valence-electron chi connectivity index (χ2n) is 3.44. The van der Waals surface area contributed by atoms with Gasteiger partial charge in [-0.1, -0.05) is 6.08 Å². The summed E-state index contributed by atoms with van der Waals surface area (Å²) < 4.78 is 4.78. The van der Waals surface area contributed by atoms with Crippen molar-refractivity contribution in [2.45, 2.75) is 18.9 Å². The van der Waals surface area contributed by atoms with Gasteiger partial charge < -0.3 is 4.74 Å². The molecule has 2 heterocycles. The SMILES string of the molecule is C/C=C1\CC2(OC1=O)C(=O)NC(=O)NC2=O. The zero-order valence-corrected chi connectivity index (χ0v) is 8.33. The first-order chi connectivity index (χ1) is 7.49. The summed E-state index contributed by atoms with van der Waals surface area (Å²) in [5, 5.41) is 3.79. The van der Waals surface area contributed by atoms with Crippen molar-refractivity contribution in [2.75, 3.05) is 0 Å². The fraction of sp³-hybridized carbons (Fsp3) is 0.333. The third-order valence-electron chi connectivity index (χ3n) is 2.50. The molecule has 0 bridgehead atoms. The van der Waals surface area contributed by atoms with E-state index in [-0.39, 0.29) is 12.0 Å². The predicted molar refractivity (Wildman–Crippen MR) is 48.9 cm³/mol. The monoisotopic (exact) mass is 224 g/mol.